The average Bonchev–Trinajstić information content (AvgIpc) is 2.77. The van der Waals surface area contributed by atoms with Gasteiger partial charge < -0.3 is 10.4 Å². The Morgan fingerprint density at radius 2 is 2.28 bits per heavy atom. The second-order valence-corrected chi connectivity index (χ2v) is 4.57. The second kappa shape index (κ2) is 5.77. The molecule has 0 radical (unpaired) electrons. The van der Waals surface area contributed by atoms with Crippen molar-refractivity contribution in [3.63, 3.8) is 0 Å². The van der Waals surface area contributed by atoms with Gasteiger partial charge >= 0.3 is 0 Å². The van der Waals surface area contributed by atoms with Crippen molar-refractivity contribution >= 4 is 11.5 Å². The van der Waals surface area contributed by atoms with E-state index < -0.39 is 0 Å². The van der Waals surface area contributed by atoms with E-state index in [0.717, 1.165) is 36.7 Å². The minimum atomic E-state index is 0.247. The molecular formula is C12H19N5O. The van der Waals surface area contributed by atoms with Crippen molar-refractivity contribution in [3.05, 3.63) is 18.2 Å². The van der Waals surface area contributed by atoms with Gasteiger partial charge in [0, 0.05) is 25.5 Å². The number of anilines is 1. The predicted octanol–water partition coefficient (Wildman–Crippen LogP) is 1.25. The summed E-state index contributed by atoms with van der Waals surface area (Å²) in [5.41, 5.74) is 0.755. The van der Waals surface area contributed by atoms with Gasteiger partial charge in [0.2, 0.25) is 5.65 Å². The molecule has 0 bridgehead atoms. The van der Waals surface area contributed by atoms with Gasteiger partial charge in [0.15, 0.2) is 5.82 Å². The van der Waals surface area contributed by atoms with Gasteiger partial charge in [-0.2, -0.15) is 0 Å². The summed E-state index contributed by atoms with van der Waals surface area (Å²) >= 11 is 0. The van der Waals surface area contributed by atoms with E-state index in [2.05, 4.69) is 20.5 Å². The molecule has 0 spiro atoms. The molecule has 2 heterocycles. The van der Waals surface area contributed by atoms with E-state index >= 15 is 0 Å². The van der Waals surface area contributed by atoms with Crippen molar-refractivity contribution < 1.29 is 5.11 Å². The number of hydrogen-bond acceptors (Lipinski definition) is 5. The van der Waals surface area contributed by atoms with E-state index in [1.807, 2.05) is 24.4 Å². The van der Waals surface area contributed by atoms with Crippen LogP contribution in [0.15, 0.2) is 12.4 Å². The van der Waals surface area contributed by atoms with Crippen LogP contribution in [-0.4, -0.2) is 37.8 Å². The highest BCUT2D eigenvalue weighted by molar-refractivity contribution is 5.61. The highest BCUT2D eigenvalue weighted by atomic mass is 16.3. The molecule has 0 aromatic carbocycles. The fourth-order valence-corrected chi connectivity index (χ4v) is 1.81. The van der Waals surface area contributed by atoms with Crippen LogP contribution in [0.1, 0.15) is 25.6 Å². The number of nitrogens with one attached hydrogen (secondary N) is 1. The fourth-order valence-electron chi connectivity index (χ4n) is 1.81. The molecule has 6 heteroatoms. The minimum Gasteiger partial charge on any atom is -0.396 e. The molecule has 0 saturated heterocycles. The zero-order valence-electron chi connectivity index (χ0n) is 10.8. The minimum absolute atomic E-state index is 0.247. The molecule has 2 rings (SSSR count). The van der Waals surface area contributed by atoms with Crippen molar-refractivity contribution in [2.24, 2.45) is 5.92 Å². The van der Waals surface area contributed by atoms with E-state index in [4.69, 9.17) is 5.11 Å². The van der Waals surface area contributed by atoms with Crippen LogP contribution >= 0.6 is 0 Å². The molecule has 0 saturated carbocycles. The molecule has 0 aliphatic carbocycles. The quantitative estimate of drug-likeness (QED) is 0.754. The van der Waals surface area contributed by atoms with Gasteiger partial charge in [-0.25, -0.2) is 4.98 Å². The Balaban J connectivity index is 1.95. The maximum Gasteiger partial charge on any atom is 0.203 e. The Hall–Kier alpha value is -1.69. The SMILES string of the molecule is Cc1nnc2c(NCCCC(C)CO)nccn12. The van der Waals surface area contributed by atoms with Gasteiger partial charge in [0.25, 0.3) is 0 Å². The Labute approximate surface area is 106 Å². The van der Waals surface area contributed by atoms with Crippen molar-refractivity contribution in [2.75, 3.05) is 18.5 Å². The zero-order chi connectivity index (χ0) is 13.0. The van der Waals surface area contributed by atoms with Gasteiger partial charge in [-0.05, 0) is 25.7 Å². The summed E-state index contributed by atoms with van der Waals surface area (Å²) in [6.07, 6.45) is 5.58. The van der Waals surface area contributed by atoms with Gasteiger partial charge in [-0.1, -0.05) is 6.92 Å². The second-order valence-electron chi connectivity index (χ2n) is 4.57. The molecule has 0 aliphatic rings. The monoisotopic (exact) mass is 249 g/mol. The lowest BCUT2D eigenvalue weighted by molar-refractivity contribution is 0.229. The first-order valence-corrected chi connectivity index (χ1v) is 6.23. The largest absolute Gasteiger partial charge is 0.396 e. The van der Waals surface area contributed by atoms with Crippen LogP contribution in [-0.2, 0) is 0 Å². The van der Waals surface area contributed by atoms with Crippen molar-refractivity contribution in [2.45, 2.75) is 26.7 Å². The third-order valence-electron chi connectivity index (χ3n) is 2.98. The van der Waals surface area contributed by atoms with E-state index in [1.165, 1.54) is 0 Å². The van der Waals surface area contributed by atoms with Gasteiger partial charge in [-0.3, -0.25) is 4.40 Å². The highest BCUT2D eigenvalue weighted by Crippen LogP contribution is 2.12. The Morgan fingerprint density at radius 1 is 1.44 bits per heavy atom. The van der Waals surface area contributed by atoms with Crippen LogP contribution in [0.2, 0.25) is 0 Å². The van der Waals surface area contributed by atoms with Crippen molar-refractivity contribution in [3.8, 4) is 0 Å². The molecule has 0 amide bonds. The standard InChI is InChI=1S/C12H19N5O/c1-9(8-18)4-3-5-13-11-12-16-15-10(2)17(12)7-6-14-11/h6-7,9,18H,3-5,8H2,1-2H3,(H,13,14). The predicted molar refractivity (Wildman–Crippen MR) is 69.5 cm³/mol. The van der Waals surface area contributed by atoms with Gasteiger partial charge in [0.1, 0.15) is 5.82 Å². The lowest BCUT2D eigenvalue weighted by Gasteiger charge is -2.09. The van der Waals surface area contributed by atoms with Crippen LogP contribution in [0.3, 0.4) is 0 Å². The molecule has 0 fully saturated rings. The lowest BCUT2D eigenvalue weighted by Crippen LogP contribution is -2.08. The number of aryl methyl sites for hydroxylation is 1. The van der Waals surface area contributed by atoms with E-state index in [1.54, 1.807) is 6.20 Å². The summed E-state index contributed by atoms with van der Waals surface area (Å²) in [5.74, 6) is 1.96. The molecule has 0 aliphatic heterocycles. The lowest BCUT2D eigenvalue weighted by atomic mass is 10.1. The fraction of sp³-hybridized carbons (Fsp3) is 0.583. The summed E-state index contributed by atoms with van der Waals surface area (Å²) in [6, 6.07) is 0. The number of rotatable bonds is 6. The summed E-state index contributed by atoms with van der Waals surface area (Å²) in [7, 11) is 0. The van der Waals surface area contributed by atoms with E-state index in [-0.39, 0.29) is 6.61 Å². The molecule has 6 nitrogen and oxygen atoms in total. The molecule has 1 atom stereocenters. The summed E-state index contributed by atoms with van der Waals surface area (Å²) in [6.45, 7) is 5.02. The normalized spacial score (nSPS) is 12.8. The summed E-state index contributed by atoms with van der Waals surface area (Å²) in [4.78, 5) is 4.27. The first kappa shape index (κ1) is 12.8. The van der Waals surface area contributed by atoms with Crippen LogP contribution in [0, 0.1) is 12.8 Å². The summed E-state index contributed by atoms with van der Waals surface area (Å²) in [5, 5.41) is 20.3. The van der Waals surface area contributed by atoms with Crippen LogP contribution in [0.25, 0.3) is 5.65 Å². The number of nitrogens with zero attached hydrogens (tertiary/aromatic N) is 4. The zero-order valence-corrected chi connectivity index (χ0v) is 10.8. The summed E-state index contributed by atoms with van der Waals surface area (Å²) < 4.78 is 1.91. The maximum atomic E-state index is 8.94. The van der Waals surface area contributed by atoms with Crippen molar-refractivity contribution in [1.82, 2.24) is 19.6 Å². The Morgan fingerprint density at radius 3 is 3.06 bits per heavy atom. The number of fused-ring (bicyclic) bond motifs is 1. The third kappa shape index (κ3) is 2.76. The number of aliphatic hydroxyl groups excluding tert-OH is 1. The third-order valence-corrected chi connectivity index (χ3v) is 2.98. The van der Waals surface area contributed by atoms with E-state index in [9.17, 15) is 0 Å². The molecule has 2 aromatic rings. The van der Waals surface area contributed by atoms with Gasteiger partial charge in [-0.15, -0.1) is 10.2 Å². The Bertz CT molecular complexity index is 510. The molecule has 18 heavy (non-hydrogen) atoms. The van der Waals surface area contributed by atoms with Gasteiger partial charge in [0.05, 0.1) is 0 Å². The van der Waals surface area contributed by atoms with E-state index in [0.29, 0.717) is 5.92 Å². The van der Waals surface area contributed by atoms with Crippen LogP contribution < -0.4 is 5.32 Å². The molecule has 1 unspecified atom stereocenters. The highest BCUT2D eigenvalue weighted by Gasteiger charge is 2.07. The number of aromatic nitrogens is 4. The first-order chi connectivity index (χ1) is 8.72. The number of aliphatic hydroxyl groups is 1. The topological polar surface area (TPSA) is 75.3 Å². The van der Waals surface area contributed by atoms with Crippen LogP contribution in [0.5, 0.6) is 0 Å². The molecule has 2 aromatic heterocycles. The van der Waals surface area contributed by atoms with Crippen molar-refractivity contribution in [1.29, 1.82) is 0 Å². The average molecular weight is 249 g/mol. The maximum absolute atomic E-state index is 8.94. The smallest absolute Gasteiger partial charge is 0.203 e. The molecule has 98 valence electrons. The van der Waals surface area contributed by atoms with Crippen LogP contribution in [0.4, 0.5) is 5.82 Å². The number of hydrogen-bond donors (Lipinski definition) is 2. The molecular weight excluding hydrogens is 230 g/mol. The Kier molecular flexibility index (Phi) is 4.09. The molecule has 2 N–H and O–H groups in total. The first-order valence-electron chi connectivity index (χ1n) is 6.23.